The molecule has 2 aromatic carbocycles. The summed E-state index contributed by atoms with van der Waals surface area (Å²) in [4.78, 5) is 11.4. The molecule has 0 saturated carbocycles. The van der Waals surface area contributed by atoms with Crippen molar-refractivity contribution in [1.29, 1.82) is 0 Å². The molecule has 4 nitrogen and oxygen atoms in total. The topological polar surface area (TPSA) is 58.6 Å². The third kappa shape index (κ3) is 3.89. The number of nitrogens with one attached hydrogen (secondary N) is 1. The SMILES string of the molecule is COc1ccc(Cl)c(NCC(C(=O)O)c2ccccc2)c1. The van der Waals surface area contributed by atoms with Crippen LogP contribution in [-0.2, 0) is 4.79 Å². The van der Waals surface area contributed by atoms with E-state index in [2.05, 4.69) is 5.32 Å². The summed E-state index contributed by atoms with van der Waals surface area (Å²) in [6.07, 6.45) is 0. The summed E-state index contributed by atoms with van der Waals surface area (Å²) in [6, 6.07) is 14.3. The van der Waals surface area contributed by atoms with Crippen molar-refractivity contribution in [2.75, 3.05) is 19.0 Å². The van der Waals surface area contributed by atoms with E-state index >= 15 is 0 Å². The van der Waals surface area contributed by atoms with Gasteiger partial charge in [-0.1, -0.05) is 41.9 Å². The molecule has 0 radical (unpaired) electrons. The van der Waals surface area contributed by atoms with Gasteiger partial charge < -0.3 is 15.2 Å². The molecule has 110 valence electrons. The van der Waals surface area contributed by atoms with Crippen LogP contribution in [0.15, 0.2) is 48.5 Å². The Balaban J connectivity index is 2.14. The zero-order valence-corrected chi connectivity index (χ0v) is 12.3. The molecule has 0 aliphatic heterocycles. The molecule has 0 bridgehead atoms. The van der Waals surface area contributed by atoms with Crippen LogP contribution in [0.4, 0.5) is 5.69 Å². The van der Waals surface area contributed by atoms with E-state index in [0.717, 1.165) is 5.56 Å². The number of carboxylic acids is 1. The van der Waals surface area contributed by atoms with Gasteiger partial charge in [-0.15, -0.1) is 0 Å². The predicted octanol–water partition coefficient (Wildman–Crippen LogP) is 3.63. The van der Waals surface area contributed by atoms with Crippen molar-refractivity contribution in [3.63, 3.8) is 0 Å². The first-order chi connectivity index (χ1) is 10.1. The van der Waals surface area contributed by atoms with E-state index in [1.54, 1.807) is 37.4 Å². The first kappa shape index (κ1) is 15.2. The Morgan fingerprint density at radius 1 is 1.29 bits per heavy atom. The number of hydrogen-bond donors (Lipinski definition) is 2. The van der Waals surface area contributed by atoms with Crippen molar-refractivity contribution in [2.45, 2.75) is 5.92 Å². The van der Waals surface area contributed by atoms with Crippen molar-refractivity contribution in [1.82, 2.24) is 0 Å². The van der Waals surface area contributed by atoms with E-state index in [-0.39, 0.29) is 6.54 Å². The number of hydrogen-bond acceptors (Lipinski definition) is 3. The maximum atomic E-state index is 11.4. The highest BCUT2D eigenvalue weighted by Crippen LogP contribution is 2.27. The van der Waals surface area contributed by atoms with Crippen LogP contribution in [0, 0.1) is 0 Å². The molecule has 21 heavy (non-hydrogen) atoms. The molecule has 0 saturated heterocycles. The molecule has 2 N–H and O–H groups in total. The zero-order chi connectivity index (χ0) is 15.2. The highest BCUT2D eigenvalue weighted by Gasteiger charge is 2.19. The molecule has 0 aromatic heterocycles. The second-order valence-electron chi connectivity index (χ2n) is 4.53. The number of anilines is 1. The summed E-state index contributed by atoms with van der Waals surface area (Å²) in [5, 5.41) is 13.0. The van der Waals surface area contributed by atoms with Gasteiger partial charge in [0.2, 0.25) is 0 Å². The molecule has 2 aromatic rings. The van der Waals surface area contributed by atoms with Gasteiger partial charge in [0.05, 0.1) is 23.7 Å². The Morgan fingerprint density at radius 3 is 2.62 bits per heavy atom. The summed E-state index contributed by atoms with van der Waals surface area (Å²) in [5.41, 5.74) is 1.40. The summed E-state index contributed by atoms with van der Waals surface area (Å²) in [5.74, 6) is -0.866. The molecule has 5 heteroatoms. The van der Waals surface area contributed by atoms with Crippen LogP contribution in [0.2, 0.25) is 5.02 Å². The van der Waals surface area contributed by atoms with E-state index < -0.39 is 11.9 Å². The normalized spacial score (nSPS) is 11.7. The zero-order valence-electron chi connectivity index (χ0n) is 11.5. The fourth-order valence-corrected chi connectivity index (χ4v) is 2.20. The van der Waals surface area contributed by atoms with Gasteiger partial charge in [0.25, 0.3) is 0 Å². The first-order valence-corrected chi connectivity index (χ1v) is 6.84. The Labute approximate surface area is 128 Å². The molecule has 1 unspecified atom stereocenters. The second kappa shape index (κ2) is 6.99. The number of carbonyl (C=O) groups is 1. The quantitative estimate of drug-likeness (QED) is 0.855. The summed E-state index contributed by atoms with van der Waals surface area (Å²) < 4.78 is 5.13. The average Bonchev–Trinajstić information content (AvgIpc) is 2.50. The van der Waals surface area contributed by atoms with Crippen molar-refractivity contribution in [3.8, 4) is 5.75 Å². The standard InChI is InChI=1S/C16H16ClNO3/c1-21-12-7-8-14(17)15(9-12)18-10-13(16(19)20)11-5-3-2-4-6-11/h2-9,13,18H,10H2,1H3,(H,19,20). The lowest BCUT2D eigenvalue weighted by Gasteiger charge is -2.16. The van der Waals surface area contributed by atoms with Gasteiger partial charge >= 0.3 is 5.97 Å². The molecular formula is C16H16ClNO3. The number of methoxy groups -OCH3 is 1. The van der Waals surface area contributed by atoms with Crippen molar-refractivity contribution >= 4 is 23.3 Å². The van der Waals surface area contributed by atoms with E-state index in [0.29, 0.717) is 16.5 Å². The number of rotatable bonds is 6. The van der Waals surface area contributed by atoms with Crippen LogP contribution in [-0.4, -0.2) is 24.7 Å². The minimum absolute atomic E-state index is 0.242. The molecule has 0 aliphatic carbocycles. The van der Waals surface area contributed by atoms with Crippen molar-refractivity contribution in [3.05, 3.63) is 59.1 Å². The molecule has 0 spiro atoms. The lowest BCUT2D eigenvalue weighted by atomic mass is 9.99. The van der Waals surface area contributed by atoms with Crippen LogP contribution < -0.4 is 10.1 Å². The summed E-state index contributed by atoms with van der Waals surface area (Å²) in [6.45, 7) is 0.242. The largest absolute Gasteiger partial charge is 0.497 e. The molecule has 0 aliphatic rings. The Kier molecular flexibility index (Phi) is 5.06. The fourth-order valence-electron chi connectivity index (χ4n) is 2.01. The van der Waals surface area contributed by atoms with Gasteiger partial charge in [-0.25, -0.2) is 0 Å². The highest BCUT2D eigenvalue weighted by molar-refractivity contribution is 6.33. The lowest BCUT2D eigenvalue weighted by Crippen LogP contribution is -2.21. The van der Waals surface area contributed by atoms with Crippen molar-refractivity contribution < 1.29 is 14.6 Å². The minimum atomic E-state index is -0.882. The number of ether oxygens (including phenoxy) is 1. The smallest absolute Gasteiger partial charge is 0.312 e. The number of carboxylic acid groups (broad SMARTS) is 1. The Hall–Kier alpha value is -2.20. The van der Waals surface area contributed by atoms with Gasteiger partial charge in [-0.3, -0.25) is 4.79 Å². The molecule has 0 amide bonds. The summed E-state index contributed by atoms with van der Waals surface area (Å²) in [7, 11) is 1.57. The average molecular weight is 306 g/mol. The maximum absolute atomic E-state index is 11.4. The lowest BCUT2D eigenvalue weighted by molar-refractivity contribution is -0.138. The van der Waals surface area contributed by atoms with Crippen molar-refractivity contribution in [2.24, 2.45) is 0 Å². The Bertz CT molecular complexity index is 616. The van der Waals surface area contributed by atoms with E-state index in [1.807, 2.05) is 18.2 Å². The monoisotopic (exact) mass is 305 g/mol. The summed E-state index contributed by atoms with van der Waals surface area (Å²) >= 11 is 6.10. The van der Waals surface area contributed by atoms with Crippen LogP contribution in [0.5, 0.6) is 5.75 Å². The molecule has 2 rings (SSSR count). The third-order valence-electron chi connectivity index (χ3n) is 3.17. The number of aliphatic carboxylic acids is 1. The third-order valence-corrected chi connectivity index (χ3v) is 3.50. The van der Waals surface area contributed by atoms with E-state index in [9.17, 15) is 9.90 Å². The van der Waals surface area contributed by atoms with Gasteiger partial charge in [-0.2, -0.15) is 0 Å². The van der Waals surface area contributed by atoms with E-state index in [1.165, 1.54) is 0 Å². The van der Waals surface area contributed by atoms with Crippen LogP contribution in [0.3, 0.4) is 0 Å². The highest BCUT2D eigenvalue weighted by atomic mass is 35.5. The molecule has 0 heterocycles. The van der Waals surface area contributed by atoms with E-state index in [4.69, 9.17) is 16.3 Å². The predicted molar refractivity (Wildman–Crippen MR) is 83.3 cm³/mol. The fraction of sp³-hybridized carbons (Fsp3) is 0.188. The van der Waals surface area contributed by atoms with Gasteiger partial charge in [0, 0.05) is 12.6 Å². The molecule has 0 fully saturated rings. The van der Waals surface area contributed by atoms with Gasteiger partial charge in [-0.05, 0) is 17.7 Å². The van der Waals surface area contributed by atoms with Crippen LogP contribution >= 0.6 is 11.6 Å². The van der Waals surface area contributed by atoms with Gasteiger partial charge in [0.15, 0.2) is 0 Å². The maximum Gasteiger partial charge on any atom is 0.312 e. The van der Waals surface area contributed by atoms with Gasteiger partial charge in [0.1, 0.15) is 5.75 Å². The van der Waals surface area contributed by atoms with Crippen LogP contribution in [0.1, 0.15) is 11.5 Å². The Morgan fingerprint density at radius 2 is 2.00 bits per heavy atom. The molecule has 1 atom stereocenters. The van der Waals surface area contributed by atoms with Crippen LogP contribution in [0.25, 0.3) is 0 Å². The first-order valence-electron chi connectivity index (χ1n) is 6.47. The minimum Gasteiger partial charge on any atom is -0.497 e. The molecular weight excluding hydrogens is 290 g/mol. The second-order valence-corrected chi connectivity index (χ2v) is 4.94. The number of halogens is 1. The number of benzene rings is 2.